The first kappa shape index (κ1) is 13.9. The van der Waals surface area contributed by atoms with Crippen LogP contribution < -0.4 is 5.32 Å². The molecule has 17 heavy (non-hydrogen) atoms. The number of carbonyl (C=O) groups is 1. The van der Waals surface area contributed by atoms with E-state index in [1.807, 2.05) is 19.9 Å². The molecule has 0 bridgehead atoms. The number of amides is 1. The molecule has 0 fully saturated rings. The summed E-state index contributed by atoms with van der Waals surface area (Å²) in [5, 5.41) is 12.2. The Bertz CT molecular complexity index is 454. The molecule has 1 aromatic carbocycles. The van der Waals surface area contributed by atoms with Crippen molar-refractivity contribution in [1.29, 1.82) is 5.26 Å². The molecule has 0 atom stereocenters. The molecule has 5 heteroatoms. The zero-order valence-electron chi connectivity index (χ0n) is 9.66. The monoisotopic (exact) mass is 268 g/mol. The third-order valence-electron chi connectivity index (χ3n) is 1.90. The average molecular weight is 269 g/mol. The number of thioether (sulfide) groups is 1. The van der Waals surface area contributed by atoms with E-state index in [1.165, 1.54) is 11.8 Å². The maximum Gasteiger partial charge on any atom is 0.230 e. The van der Waals surface area contributed by atoms with Gasteiger partial charge in [-0.1, -0.05) is 17.7 Å². The van der Waals surface area contributed by atoms with Crippen molar-refractivity contribution in [2.45, 2.75) is 24.8 Å². The van der Waals surface area contributed by atoms with Crippen molar-refractivity contribution in [1.82, 2.24) is 5.32 Å². The Morgan fingerprint density at radius 1 is 1.59 bits per heavy atom. The highest BCUT2D eigenvalue weighted by atomic mass is 35.5. The van der Waals surface area contributed by atoms with Gasteiger partial charge in [-0.05, 0) is 26.0 Å². The second-order valence-electron chi connectivity index (χ2n) is 3.74. The van der Waals surface area contributed by atoms with Crippen molar-refractivity contribution in [3.05, 3.63) is 28.8 Å². The normalized spacial score (nSPS) is 10.1. The fourth-order valence-electron chi connectivity index (χ4n) is 1.24. The van der Waals surface area contributed by atoms with Gasteiger partial charge in [0.25, 0.3) is 0 Å². The molecule has 0 aliphatic rings. The summed E-state index contributed by atoms with van der Waals surface area (Å²) in [4.78, 5) is 12.2. The van der Waals surface area contributed by atoms with Crippen LogP contribution in [-0.2, 0) is 4.79 Å². The highest BCUT2D eigenvalue weighted by molar-refractivity contribution is 8.00. The number of nitrogens with one attached hydrogen (secondary N) is 1. The highest BCUT2D eigenvalue weighted by Gasteiger charge is 2.09. The maximum atomic E-state index is 11.5. The number of halogens is 1. The van der Waals surface area contributed by atoms with Crippen molar-refractivity contribution >= 4 is 29.3 Å². The van der Waals surface area contributed by atoms with Gasteiger partial charge in [-0.25, -0.2) is 0 Å². The number of rotatable bonds is 4. The van der Waals surface area contributed by atoms with Crippen LogP contribution in [0.25, 0.3) is 0 Å². The molecule has 0 spiro atoms. The van der Waals surface area contributed by atoms with Crippen LogP contribution in [-0.4, -0.2) is 17.7 Å². The Kier molecular flexibility index (Phi) is 5.33. The number of benzene rings is 1. The van der Waals surface area contributed by atoms with Crippen molar-refractivity contribution in [2.24, 2.45) is 0 Å². The van der Waals surface area contributed by atoms with Gasteiger partial charge in [0.15, 0.2) is 0 Å². The molecule has 0 radical (unpaired) electrons. The van der Waals surface area contributed by atoms with E-state index in [0.717, 1.165) is 4.90 Å². The summed E-state index contributed by atoms with van der Waals surface area (Å²) in [6, 6.07) is 7.39. The largest absolute Gasteiger partial charge is 0.353 e. The third kappa shape index (κ3) is 4.29. The molecule has 1 N–H and O–H groups in total. The fourth-order valence-corrected chi connectivity index (χ4v) is 2.36. The third-order valence-corrected chi connectivity index (χ3v) is 3.27. The summed E-state index contributed by atoms with van der Waals surface area (Å²) in [6.45, 7) is 3.81. The smallest absolute Gasteiger partial charge is 0.230 e. The van der Waals surface area contributed by atoms with Crippen LogP contribution in [0.2, 0.25) is 5.02 Å². The summed E-state index contributed by atoms with van der Waals surface area (Å²) in [7, 11) is 0. The Morgan fingerprint density at radius 2 is 2.29 bits per heavy atom. The van der Waals surface area contributed by atoms with Gasteiger partial charge in [-0.2, -0.15) is 5.26 Å². The molecule has 3 nitrogen and oxygen atoms in total. The van der Waals surface area contributed by atoms with E-state index in [2.05, 4.69) is 5.32 Å². The Hall–Kier alpha value is -1.18. The molecular weight excluding hydrogens is 256 g/mol. The minimum Gasteiger partial charge on any atom is -0.353 e. The van der Waals surface area contributed by atoms with E-state index in [4.69, 9.17) is 16.9 Å². The number of hydrogen-bond donors (Lipinski definition) is 1. The van der Waals surface area contributed by atoms with E-state index < -0.39 is 0 Å². The predicted octanol–water partition coefficient (Wildman–Crippen LogP) is 2.83. The number of hydrogen-bond acceptors (Lipinski definition) is 3. The fraction of sp³-hybridized carbons (Fsp3) is 0.333. The molecule has 90 valence electrons. The molecule has 0 saturated carbocycles. The van der Waals surface area contributed by atoms with E-state index >= 15 is 0 Å². The average Bonchev–Trinajstić information content (AvgIpc) is 2.25. The summed E-state index contributed by atoms with van der Waals surface area (Å²) in [5.74, 6) is 0.238. The molecule has 0 aliphatic carbocycles. The number of nitriles is 1. The van der Waals surface area contributed by atoms with Crippen LogP contribution in [0.15, 0.2) is 23.1 Å². The Morgan fingerprint density at radius 3 is 2.88 bits per heavy atom. The quantitative estimate of drug-likeness (QED) is 0.855. The molecular formula is C12H13ClN2OS. The van der Waals surface area contributed by atoms with Crippen LogP contribution in [0.3, 0.4) is 0 Å². The zero-order valence-corrected chi connectivity index (χ0v) is 11.2. The SMILES string of the molecule is CC(C)NC(=O)CSc1cccc(Cl)c1C#N. The van der Waals surface area contributed by atoms with Crippen molar-refractivity contribution in [2.75, 3.05) is 5.75 Å². The summed E-state index contributed by atoms with van der Waals surface area (Å²) >= 11 is 7.21. The lowest BCUT2D eigenvalue weighted by Crippen LogP contribution is -2.31. The molecule has 1 amide bonds. The summed E-state index contributed by atoms with van der Waals surface area (Å²) in [6.07, 6.45) is 0. The lowest BCUT2D eigenvalue weighted by atomic mass is 10.2. The topological polar surface area (TPSA) is 52.9 Å². The first-order valence-corrected chi connectivity index (χ1v) is 6.51. The molecule has 1 aromatic rings. The van der Waals surface area contributed by atoms with Gasteiger partial charge in [-0.3, -0.25) is 4.79 Å². The Balaban J connectivity index is 2.67. The molecule has 0 unspecified atom stereocenters. The van der Waals surface area contributed by atoms with Gasteiger partial charge in [-0.15, -0.1) is 11.8 Å². The number of nitrogens with zero attached hydrogens (tertiary/aromatic N) is 1. The van der Waals surface area contributed by atoms with Crippen LogP contribution in [0.5, 0.6) is 0 Å². The van der Waals surface area contributed by atoms with Gasteiger partial charge in [0.05, 0.1) is 16.3 Å². The Labute approximate surface area is 110 Å². The lowest BCUT2D eigenvalue weighted by Gasteiger charge is -2.08. The van der Waals surface area contributed by atoms with Gasteiger partial charge in [0.2, 0.25) is 5.91 Å². The van der Waals surface area contributed by atoms with Gasteiger partial charge < -0.3 is 5.32 Å². The van der Waals surface area contributed by atoms with Gasteiger partial charge >= 0.3 is 0 Å². The van der Waals surface area contributed by atoms with E-state index in [1.54, 1.807) is 18.2 Å². The first-order valence-electron chi connectivity index (χ1n) is 5.15. The predicted molar refractivity (Wildman–Crippen MR) is 70.2 cm³/mol. The van der Waals surface area contributed by atoms with Crippen molar-refractivity contribution in [3.8, 4) is 6.07 Å². The summed E-state index contributed by atoms with van der Waals surface area (Å²) in [5.41, 5.74) is 0.427. The number of carbonyl (C=O) groups excluding carboxylic acids is 1. The van der Waals surface area contributed by atoms with Crippen LogP contribution in [0, 0.1) is 11.3 Å². The van der Waals surface area contributed by atoms with Gasteiger partial charge in [0.1, 0.15) is 6.07 Å². The van der Waals surface area contributed by atoms with Gasteiger partial charge in [0, 0.05) is 10.9 Å². The standard InChI is InChI=1S/C12H13ClN2OS/c1-8(2)15-12(16)7-17-11-5-3-4-10(13)9(11)6-14/h3-5,8H,7H2,1-2H3,(H,15,16). The molecule has 0 aliphatic heterocycles. The maximum absolute atomic E-state index is 11.5. The van der Waals surface area contributed by atoms with E-state index in [0.29, 0.717) is 10.6 Å². The lowest BCUT2D eigenvalue weighted by molar-refractivity contribution is -0.119. The highest BCUT2D eigenvalue weighted by Crippen LogP contribution is 2.27. The molecule has 0 aromatic heterocycles. The minimum absolute atomic E-state index is 0.0473. The second-order valence-corrected chi connectivity index (χ2v) is 5.16. The first-order chi connectivity index (χ1) is 8.04. The van der Waals surface area contributed by atoms with Crippen molar-refractivity contribution in [3.63, 3.8) is 0 Å². The van der Waals surface area contributed by atoms with E-state index in [-0.39, 0.29) is 17.7 Å². The van der Waals surface area contributed by atoms with Crippen LogP contribution >= 0.6 is 23.4 Å². The molecule has 0 heterocycles. The molecule has 0 saturated heterocycles. The minimum atomic E-state index is -0.0473. The zero-order chi connectivity index (χ0) is 12.8. The van der Waals surface area contributed by atoms with Crippen LogP contribution in [0.1, 0.15) is 19.4 Å². The van der Waals surface area contributed by atoms with Crippen LogP contribution in [0.4, 0.5) is 0 Å². The summed E-state index contributed by atoms with van der Waals surface area (Å²) < 4.78 is 0. The van der Waals surface area contributed by atoms with Crippen molar-refractivity contribution < 1.29 is 4.79 Å². The second kappa shape index (κ2) is 6.53. The molecule has 1 rings (SSSR count). The van der Waals surface area contributed by atoms with E-state index in [9.17, 15) is 4.79 Å².